The number of aromatic nitrogens is 5. The van der Waals surface area contributed by atoms with Crippen molar-refractivity contribution in [3.63, 3.8) is 0 Å². The molecule has 2 aromatic rings. The Balaban J connectivity index is 1.84. The first-order valence-electron chi connectivity index (χ1n) is 9.14. The Morgan fingerprint density at radius 1 is 1.42 bits per heavy atom. The topological polar surface area (TPSA) is 182 Å². The Hall–Kier alpha value is -3.08. The predicted molar refractivity (Wildman–Crippen MR) is 101 cm³/mol. The molecule has 0 aromatic carbocycles. The zero-order chi connectivity index (χ0) is 22.7. The molecule has 0 aliphatic carbocycles. The molecular weight excluding hydrogens is 434 g/mol. The number of carbonyl (C=O) groups is 2. The lowest BCUT2D eigenvalue weighted by atomic mass is 9.94. The molecule has 1 saturated heterocycles. The van der Waals surface area contributed by atoms with Crippen LogP contribution in [0.3, 0.4) is 0 Å². The van der Waals surface area contributed by atoms with E-state index < -0.39 is 34.4 Å². The minimum atomic E-state index is -4.99. The third kappa shape index (κ3) is 3.52. The molecule has 16 heteroatoms. The Kier molecular flexibility index (Phi) is 4.95. The second kappa shape index (κ2) is 7.26. The van der Waals surface area contributed by atoms with E-state index in [0.29, 0.717) is 27.7 Å². The molecule has 4 rings (SSSR count). The number of amides is 3. The zero-order valence-corrected chi connectivity index (χ0v) is 17.7. The van der Waals surface area contributed by atoms with Crippen molar-refractivity contribution in [3.05, 3.63) is 28.8 Å². The number of aryl methyl sites for hydroxylation is 1. The summed E-state index contributed by atoms with van der Waals surface area (Å²) in [5, 5.41) is 12.9. The van der Waals surface area contributed by atoms with E-state index in [1.807, 2.05) is 0 Å². The first-order valence-corrected chi connectivity index (χ1v) is 10.5. The minimum absolute atomic E-state index is 0.0320. The predicted octanol–water partition coefficient (Wildman–Crippen LogP) is -1.83. The smallest absolute Gasteiger partial charge is 0.347 e. The molecule has 4 heterocycles. The minimum Gasteiger partial charge on any atom is -0.347 e. The fraction of sp³-hybridized carbons (Fsp3) is 0.533. The van der Waals surface area contributed by atoms with Gasteiger partial charge in [0.2, 0.25) is 0 Å². The highest BCUT2D eigenvalue weighted by atomic mass is 32.3. The van der Waals surface area contributed by atoms with Gasteiger partial charge < -0.3 is 15.5 Å². The molecule has 0 spiro atoms. The summed E-state index contributed by atoms with van der Waals surface area (Å²) in [4.78, 5) is 28.4. The normalized spacial score (nSPS) is 20.4. The van der Waals surface area contributed by atoms with E-state index >= 15 is 0 Å². The standard InChI is InChI=1S/C15H21N9O6S/c1-20(2)14(25)13-12-11(10-7-23(13)15(26)24(10)30-31(27,28)29)9(18-21(12)3)6-22-5-8(4-16)17-19-22/h5,10,13H,4,6-7,16H2,1-3H3,(H,27,28,29). The van der Waals surface area contributed by atoms with Gasteiger partial charge in [-0.3, -0.25) is 14.0 Å². The summed E-state index contributed by atoms with van der Waals surface area (Å²) >= 11 is 0. The fourth-order valence-corrected chi connectivity index (χ4v) is 4.30. The van der Waals surface area contributed by atoms with Gasteiger partial charge in [-0.25, -0.2) is 9.48 Å². The van der Waals surface area contributed by atoms with Crippen molar-refractivity contribution in [2.75, 3.05) is 20.6 Å². The molecule has 0 radical (unpaired) electrons. The average molecular weight is 455 g/mol. The Labute approximate surface area is 176 Å². The maximum Gasteiger partial charge on any atom is 0.418 e. The van der Waals surface area contributed by atoms with Gasteiger partial charge >= 0.3 is 16.4 Å². The molecule has 31 heavy (non-hydrogen) atoms. The van der Waals surface area contributed by atoms with Crippen molar-refractivity contribution < 1.29 is 26.8 Å². The number of hydroxylamine groups is 2. The Bertz CT molecular complexity index is 1160. The van der Waals surface area contributed by atoms with Crippen molar-refractivity contribution >= 4 is 22.3 Å². The first-order chi connectivity index (χ1) is 14.5. The summed E-state index contributed by atoms with van der Waals surface area (Å²) in [6, 6.07) is -2.83. The quantitative estimate of drug-likeness (QED) is 0.470. The van der Waals surface area contributed by atoms with Crippen molar-refractivity contribution in [2.45, 2.75) is 25.2 Å². The van der Waals surface area contributed by atoms with Crippen molar-refractivity contribution in [2.24, 2.45) is 12.8 Å². The monoisotopic (exact) mass is 455 g/mol. The molecule has 15 nitrogen and oxygen atoms in total. The van der Waals surface area contributed by atoms with Gasteiger partial charge in [0, 0.05) is 33.3 Å². The second-order valence-corrected chi connectivity index (χ2v) is 8.40. The fourth-order valence-electron chi connectivity index (χ4n) is 3.93. The van der Waals surface area contributed by atoms with Crippen LogP contribution in [0.5, 0.6) is 0 Å². The molecule has 1 fully saturated rings. The lowest BCUT2D eigenvalue weighted by molar-refractivity contribution is -0.134. The SMILES string of the molecule is CN(C)C(=O)C1c2c(c(Cn3cc(CN)nn3)nn2C)C2CN1C(=O)N2OS(=O)(=O)O. The molecule has 3 amide bonds. The molecule has 168 valence electrons. The number of nitrogens with two attached hydrogens (primary N) is 1. The number of fused-ring (bicyclic) bond motifs is 4. The highest BCUT2D eigenvalue weighted by Crippen LogP contribution is 2.46. The van der Waals surface area contributed by atoms with Crippen LogP contribution in [0.1, 0.15) is 34.7 Å². The van der Waals surface area contributed by atoms with E-state index in [4.69, 9.17) is 5.73 Å². The highest BCUT2D eigenvalue weighted by molar-refractivity contribution is 7.80. The van der Waals surface area contributed by atoms with Crippen LogP contribution in [0.25, 0.3) is 0 Å². The lowest BCUT2D eigenvalue weighted by Crippen LogP contribution is -2.44. The van der Waals surface area contributed by atoms with Gasteiger partial charge in [-0.1, -0.05) is 5.21 Å². The van der Waals surface area contributed by atoms with Gasteiger partial charge in [0.05, 0.1) is 36.4 Å². The summed E-state index contributed by atoms with van der Waals surface area (Å²) in [5.74, 6) is -0.400. The van der Waals surface area contributed by atoms with Gasteiger partial charge in [-0.05, 0) is 0 Å². The van der Waals surface area contributed by atoms with Crippen molar-refractivity contribution in [3.8, 4) is 0 Å². The number of carbonyl (C=O) groups excluding carboxylic acids is 2. The number of nitrogens with zero attached hydrogens (tertiary/aromatic N) is 8. The van der Waals surface area contributed by atoms with E-state index in [0.717, 1.165) is 0 Å². The van der Waals surface area contributed by atoms with Crippen LogP contribution in [-0.4, -0.2) is 85.2 Å². The molecule has 2 aliphatic heterocycles. The number of likely N-dealkylation sites (N-methyl/N-ethyl adjacent to an activating group) is 1. The Morgan fingerprint density at radius 3 is 2.71 bits per heavy atom. The zero-order valence-electron chi connectivity index (χ0n) is 16.9. The average Bonchev–Trinajstić information content (AvgIpc) is 3.34. The van der Waals surface area contributed by atoms with E-state index in [2.05, 4.69) is 19.7 Å². The Morgan fingerprint density at radius 2 is 2.13 bits per heavy atom. The third-order valence-electron chi connectivity index (χ3n) is 5.15. The highest BCUT2D eigenvalue weighted by Gasteiger charge is 2.55. The molecule has 2 unspecified atom stereocenters. The summed E-state index contributed by atoms with van der Waals surface area (Å²) in [5.41, 5.74) is 7.42. The molecule has 2 bridgehead atoms. The van der Waals surface area contributed by atoms with Crippen LogP contribution in [-0.2, 0) is 39.6 Å². The van der Waals surface area contributed by atoms with Crippen LogP contribution in [0, 0.1) is 0 Å². The summed E-state index contributed by atoms with van der Waals surface area (Å²) < 4.78 is 39.4. The van der Waals surface area contributed by atoms with E-state index in [9.17, 15) is 22.6 Å². The molecule has 2 aliphatic rings. The number of hydrogen-bond acceptors (Lipinski definition) is 9. The maximum absolute atomic E-state index is 13.0. The molecule has 2 atom stereocenters. The lowest BCUT2D eigenvalue weighted by Gasteiger charge is -2.32. The molecular formula is C15H21N9O6S. The van der Waals surface area contributed by atoms with Crippen LogP contribution >= 0.6 is 0 Å². The van der Waals surface area contributed by atoms with E-state index in [1.54, 1.807) is 27.3 Å². The largest absolute Gasteiger partial charge is 0.418 e. The van der Waals surface area contributed by atoms with Crippen molar-refractivity contribution in [1.29, 1.82) is 0 Å². The molecule has 0 saturated carbocycles. The maximum atomic E-state index is 13.0. The van der Waals surface area contributed by atoms with E-state index in [-0.39, 0.29) is 19.6 Å². The first kappa shape index (κ1) is 21.2. The van der Waals surface area contributed by atoms with Gasteiger partial charge in [-0.2, -0.15) is 18.6 Å². The number of hydrogen-bond donors (Lipinski definition) is 2. The van der Waals surface area contributed by atoms with Crippen LogP contribution in [0.15, 0.2) is 6.20 Å². The van der Waals surface area contributed by atoms with Crippen LogP contribution in [0.4, 0.5) is 4.79 Å². The van der Waals surface area contributed by atoms with E-state index in [1.165, 1.54) is 19.2 Å². The summed E-state index contributed by atoms with van der Waals surface area (Å²) in [7, 11) is -0.278. The molecule has 2 aromatic heterocycles. The number of rotatable bonds is 6. The van der Waals surface area contributed by atoms with Gasteiger partial charge in [0.25, 0.3) is 5.91 Å². The molecule has 3 N–H and O–H groups in total. The second-order valence-electron chi connectivity index (χ2n) is 7.39. The van der Waals surface area contributed by atoms with Crippen molar-refractivity contribution in [1.82, 2.24) is 39.6 Å². The van der Waals surface area contributed by atoms with Gasteiger partial charge in [0.15, 0.2) is 6.04 Å². The van der Waals surface area contributed by atoms with Crippen LogP contribution < -0.4 is 5.73 Å². The summed E-state index contributed by atoms with van der Waals surface area (Å²) in [6.07, 6.45) is 1.63. The van der Waals surface area contributed by atoms with Crippen LogP contribution in [0.2, 0.25) is 0 Å². The van der Waals surface area contributed by atoms with Gasteiger partial charge in [0.1, 0.15) is 6.04 Å². The number of urea groups is 1. The third-order valence-corrected chi connectivity index (χ3v) is 5.50. The summed E-state index contributed by atoms with van der Waals surface area (Å²) in [6.45, 7) is 0.293. The van der Waals surface area contributed by atoms with Gasteiger partial charge in [-0.15, -0.1) is 9.38 Å².